The summed E-state index contributed by atoms with van der Waals surface area (Å²) >= 11 is 0.999. The molecule has 0 amide bonds. The molecule has 9 heteroatoms. The lowest BCUT2D eigenvalue weighted by Crippen LogP contribution is -2.23. The standard InChI is InChI=1S/C15H14N4O4S/c20-8-9(21)7-16-14-10-3-1-2-4-11(10)17-15(18-14)12-5-6-13(24-12)19(22)23/h1-6,9,20-21H,7-8H2,(H,16,17,18)/t9-/m1/s1. The van der Waals surface area contributed by atoms with Gasteiger partial charge in [0.05, 0.1) is 28.0 Å². The topological polar surface area (TPSA) is 121 Å². The minimum absolute atomic E-state index is 0.0203. The normalized spacial score (nSPS) is 12.2. The van der Waals surface area contributed by atoms with Crippen LogP contribution in [0.2, 0.25) is 0 Å². The lowest BCUT2D eigenvalue weighted by Gasteiger charge is -2.12. The van der Waals surface area contributed by atoms with E-state index in [-0.39, 0.29) is 18.2 Å². The zero-order valence-electron chi connectivity index (χ0n) is 12.4. The summed E-state index contributed by atoms with van der Waals surface area (Å²) in [7, 11) is 0. The van der Waals surface area contributed by atoms with Crippen LogP contribution in [0.25, 0.3) is 21.6 Å². The van der Waals surface area contributed by atoms with Crippen molar-refractivity contribution in [2.24, 2.45) is 0 Å². The van der Waals surface area contributed by atoms with Gasteiger partial charge in [0.2, 0.25) is 0 Å². The first-order valence-corrected chi connectivity index (χ1v) is 7.94. The van der Waals surface area contributed by atoms with E-state index in [2.05, 4.69) is 15.3 Å². The molecule has 0 aliphatic heterocycles. The number of benzene rings is 1. The van der Waals surface area contributed by atoms with Gasteiger partial charge in [-0.25, -0.2) is 9.97 Å². The molecule has 2 aromatic heterocycles. The lowest BCUT2D eigenvalue weighted by atomic mass is 10.2. The highest BCUT2D eigenvalue weighted by atomic mass is 32.1. The average molecular weight is 346 g/mol. The van der Waals surface area contributed by atoms with E-state index in [1.165, 1.54) is 6.07 Å². The Morgan fingerprint density at radius 3 is 2.75 bits per heavy atom. The van der Waals surface area contributed by atoms with Gasteiger partial charge in [0.25, 0.3) is 0 Å². The molecule has 8 nitrogen and oxygen atoms in total. The molecular weight excluding hydrogens is 332 g/mol. The van der Waals surface area contributed by atoms with Crippen LogP contribution in [0, 0.1) is 10.1 Å². The molecule has 0 saturated carbocycles. The Morgan fingerprint density at radius 2 is 2.04 bits per heavy atom. The van der Waals surface area contributed by atoms with Crippen LogP contribution in [0.3, 0.4) is 0 Å². The van der Waals surface area contributed by atoms with E-state index in [1.54, 1.807) is 6.07 Å². The molecule has 124 valence electrons. The zero-order chi connectivity index (χ0) is 17.1. The largest absolute Gasteiger partial charge is 0.394 e. The summed E-state index contributed by atoms with van der Waals surface area (Å²) in [6, 6.07) is 10.4. The molecule has 3 aromatic rings. The van der Waals surface area contributed by atoms with Crippen LogP contribution in [0.4, 0.5) is 10.8 Å². The Bertz CT molecular complexity index is 883. The minimum atomic E-state index is -0.912. The molecular formula is C15H14N4O4S. The third kappa shape index (κ3) is 3.32. The van der Waals surface area contributed by atoms with Crippen molar-refractivity contribution in [3.05, 3.63) is 46.5 Å². The van der Waals surface area contributed by atoms with Gasteiger partial charge in [-0.2, -0.15) is 0 Å². The van der Waals surface area contributed by atoms with Gasteiger partial charge in [-0.05, 0) is 18.2 Å². The molecule has 1 atom stereocenters. The third-order valence-electron chi connectivity index (χ3n) is 3.31. The molecule has 3 rings (SSSR count). The Kier molecular flexibility index (Phi) is 4.65. The van der Waals surface area contributed by atoms with Crippen molar-refractivity contribution in [3.8, 4) is 10.7 Å². The number of hydrogen-bond acceptors (Lipinski definition) is 8. The molecule has 0 aliphatic rings. The quantitative estimate of drug-likeness (QED) is 0.461. The molecule has 24 heavy (non-hydrogen) atoms. The molecule has 1 aromatic carbocycles. The smallest absolute Gasteiger partial charge is 0.324 e. The maximum atomic E-state index is 10.8. The molecule has 0 fully saturated rings. The predicted octanol–water partition coefficient (Wildman–Crippen LogP) is 2.03. The summed E-state index contributed by atoms with van der Waals surface area (Å²) in [6.45, 7) is -0.235. The Balaban J connectivity index is 2.03. The van der Waals surface area contributed by atoms with E-state index in [0.29, 0.717) is 22.0 Å². The van der Waals surface area contributed by atoms with E-state index in [1.807, 2.05) is 24.3 Å². The van der Waals surface area contributed by atoms with Crippen molar-refractivity contribution in [1.29, 1.82) is 0 Å². The van der Waals surface area contributed by atoms with E-state index in [0.717, 1.165) is 16.7 Å². The van der Waals surface area contributed by atoms with Crippen molar-refractivity contribution in [1.82, 2.24) is 9.97 Å². The van der Waals surface area contributed by atoms with Crippen molar-refractivity contribution in [3.63, 3.8) is 0 Å². The van der Waals surface area contributed by atoms with Crippen LogP contribution >= 0.6 is 11.3 Å². The summed E-state index contributed by atoms with van der Waals surface area (Å²) in [5, 5.41) is 33.1. The predicted molar refractivity (Wildman–Crippen MR) is 91.1 cm³/mol. The van der Waals surface area contributed by atoms with E-state index >= 15 is 0 Å². The lowest BCUT2D eigenvalue weighted by molar-refractivity contribution is -0.380. The highest BCUT2D eigenvalue weighted by Crippen LogP contribution is 2.32. The van der Waals surface area contributed by atoms with E-state index < -0.39 is 11.0 Å². The number of nitrogens with one attached hydrogen (secondary N) is 1. The van der Waals surface area contributed by atoms with Crippen molar-refractivity contribution >= 4 is 33.1 Å². The van der Waals surface area contributed by atoms with Crippen LogP contribution in [0.15, 0.2) is 36.4 Å². The zero-order valence-corrected chi connectivity index (χ0v) is 13.2. The molecule has 0 spiro atoms. The van der Waals surface area contributed by atoms with Gasteiger partial charge in [-0.15, -0.1) is 0 Å². The summed E-state index contributed by atoms with van der Waals surface area (Å²) < 4.78 is 0. The van der Waals surface area contributed by atoms with Gasteiger partial charge in [0, 0.05) is 18.0 Å². The first kappa shape index (κ1) is 16.2. The van der Waals surface area contributed by atoms with E-state index in [4.69, 9.17) is 5.11 Å². The van der Waals surface area contributed by atoms with Crippen molar-refractivity contribution in [2.45, 2.75) is 6.10 Å². The fraction of sp³-hybridized carbons (Fsp3) is 0.200. The summed E-state index contributed by atoms with van der Waals surface area (Å²) in [5.74, 6) is 0.868. The third-order valence-corrected chi connectivity index (χ3v) is 4.34. The number of aromatic nitrogens is 2. The average Bonchev–Trinajstić information content (AvgIpc) is 3.09. The van der Waals surface area contributed by atoms with Gasteiger partial charge in [0.15, 0.2) is 5.82 Å². The van der Waals surface area contributed by atoms with Gasteiger partial charge in [-0.3, -0.25) is 10.1 Å². The molecule has 0 saturated heterocycles. The van der Waals surface area contributed by atoms with Gasteiger partial charge < -0.3 is 15.5 Å². The monoisotopic (exact) mass is 346 g/mol. The van der Waals surface area contributed by atoms with Crippen LogP contribution in [-0.2, 0) is 0 Å². The fourth-order valence-electron chi connectivity index (χ4n) is 2.15. The van der Waals surface area contributed by atoms with Crippen LogP contribution in [0.1, 0.15) is 0 Å². The Morgan fingerprint density at radius 1 is 1.25 bits per heavy atom. The first-order valence-electron chi connectivity index (χ1n) is 7.12. The maximum absolute atomic E-state index is 10.8. The number of anilines is 1. The van der Waals surface area contributed by atoms with Crippen molar-refractivity contribution in [2.75, 3.05) is 18.5 Å². The van der Waals surface area contributed by atoms with Gasteiger partial charge >= 0.3 is 5.00 Å². The molecule has 0 radical (unpaired) electrons. The van der Waals surface area contributed by atoms with Crippen molar-refractivity contribution < 1.29 is 15.1 Å². The van der Waals surface area contributed by atoms with Gasteiger partial charge in [0.1, 0.15) is 5.82 Å². The highest BCUT2D eigenvalue weighted by Gasteiger charge is 2.15. The number of para-hydroxylation sites is 1. The summed E-state index contributed by atoms with van der Waals surface area (Å²) in [4.78, 5) is 19.8. The number of thiophene rings is 1. The first-order chi connectivity index (χ1) is 11.6. The Labute approximate surface area is 140 Å². The number of hydrogen-bond donors (Lipinski definition) is 3. The van der Waals surface area contributed by atoms with Crippen LogP contribution < -0.4 is 5.32 Å². The molecule has 2 heterocycles. The molecule has 3 N–H and O–H groups in total. The highest BCUT2D eigenvalue weighted by molar-refractivity contribution is 7.18. The summed E-state index contributed by atoms with van der Waals surface area (Å²) in [5.41, 5.74) is 0.680. The number of rotatable bonds is 6. The number of fused-ring (bicyclic) bond motifs is 1. The van der Waals surface area contributed by atoms with Gasteiger partial charge in [-0.1, -0.05) is 23.5 Å². The number of nitrogens with zero attached hydrogens (tertiary/aromatic N) is 3. The Hall–Kier alpha value is -2.62. The summed E-state index contributed by atoms with van der Waals surface area (Å²) in [6.07, 6.45) is -0.912. The SMILES string of the molecule is O=[N+]([O-])c1ccc(-c2nc(NC[C@@H](O)CO)c3ccccc3n2)s1. The van der Waals surface area contributed by atoms with Crippen LogP contribution in [0.5, 0.6) is 0 Å². The fourth-order valence-corrected chi connectivity index (χ4v) is 2.90. The van der Waals surface area contributed by atoms with Crippen LogP contribution in [-0.4, -0.2) is 44.4 Å². The molecule has 0 unspecified atom stereocenters. The molecule has 0 aliphatic carbocycles. The number of aliphatic hydroxyl groups excluding tert-OH is 2. The second kappa shape index (κ2) is 6.87. The molecule has 0 bridgehead atoms. The van der Waals surface area contributed by atoms with E-state index in [9.17, 15) is 15.2 Å². The number of nitro groups is 1. The second-order valence-electron chi connectivity index (χ2n) is 5.03. The second-order valence-corrected chi connectivity index (χ2v) is 6.09. The number of aliphatic hydroxyl groups is 2. The minimum Gasteiger partial charge on any atom is -0.394 e. The maximum Gasteiger partial charge on any atom is 0.324 e.